The van der Waals surface area contributed by atoms with E-state index in [0.29, 0.717) is 17.2 Å². The molecule has 0 amide bonds. The third-order valence-corrected chi connectivity index (χ3v) is 4.17. The zero-order chi connectivity index (χ0) is 20.5. The zero-order valence-electron chi connectivity index (χ0n) is 14.6. The molecule has 0 nitrogen and oxygen atoms in total. The smallest absolute Gasteiger partial charge is 0.206 e. The van der Waals surface area contributed by atoms with E-state index >= 15 is 0 Å². The van der Waals surface area contributed by atoms with E-state index in [1.165, 1.54) is 6.07 Å². The topological polar surface area (TPSA) is 0 Å². The van der Waals surface area contributed by atoms with Gasteiger partial charge in [0, 0.05) is 11.6 Å². The van der Waals surface area contributed by atoms with Gasteiger partial charge >= 0.3 is 6.18 Å². The van der Waals surface area contributed by atoms with Crippen LogP contribution in [0.15, 0.2) is 60.7 Å². The summed E-state index contributed by atoms with van der Waals surface area (Å²) in [5.74, 6) is -2.80. The predicted octanol–water partition coefficient (Wildman–Crippen LogP) is 7.32. The van der Waals surface area contributed by atoms with E-state index in [4.69, 9.17) is 0 Å². The van der Waals surface area contributed by atoms with Gasteiger partial charge in [-0.2, -0.15) is 13.2 Å². The van der Waals surface area contributed by atoms with Crippen molar-refractivity contribution < 1.29 is 26.3 Å². The van der Waals surface area contributed by atoms with Crippen LogP contribution in [0.4, 0.5) is 26.3 Å². The van der Waals surface area contributed by atoms with Crippen molar-refractivity contribution in [3.05, 3.63) is 89.3 Å². The van der Waals surface area contributed by atoms with Crippen LogP contribution in [0.2, 0.25) is 0 Å². The molecule has 0 radical (unpaired) electrons. The largest absolute Gasteiger partial charge is 0.409 e. The monoisotopic (exact) mass is 392 g/mol. The van der Waals surface area contributed by atoms with Crippen LogP contribution in [0.5, 0.6) is 0 Å². The molecule has 3 aromatic rings. The Morgan fingerprint density at radius 2 is 1.21 bits per heavy atom. The number of allylic oxidation sites excluding steroid dienone is 1. The summed E-state index contributed by atoms with van der Waals surface area (Å²) < 4.78 is 79.9. The molecule has 0 unspecified atom stereocenters. The quantitative estimate of drug-likeness (QED) is 0.410. The van der Waals surface area contributed by atoms with Crippen LogP contribution in [0, 0.1) is 24.4 Å². The maximum atomic E-state index is 14.6. The van der Waals surface area contributed by atoms with Crippen LogP contribution in [0.1, 0.15) is 11.1 Å². The number of rotatable bonds is 3. The summed E-state index contributed by atoms with van der Waals surface area (Å²) in [6.07, 6.45) is -4.13. The molecule has 144 valence electrons. The molecule has 0 saturated heterocycles. The summed E-state index contributed by atoms with van der Waals surface area (Å²) in [5, 5.41) is 0. The van der Waals surface area contributed by atoms with E-state index in [9.17, 15) is 26.3 Å². The lowest BCUT2D eigenvalue weighted by molar-refractivity contribution is -0.0790. The maximum Gasteiger partial charge on any atom is 0.409 e. The summed E-state index contributed by atoms with van der Waals surface area (Å²) in [4.78, 5) is 0. The number of alkyl halides is 3. The van der Waals surface area contributed by atoms with Crippen LogP contribution >= 0.6 is 0 Å². The first-order chi connectivity index (χ1) is 13.1. The molecule has 0 heterocycles. The average Bonchev–Trinajstić information content (AvgIpc) is 2.60. The van der Waals surface area contributed by atoms with Crippen molar-refractivity contribution in [1.82, 2.24) is 0 Å². The van der Waals surface area contributed by atoms with Crippen LogP contribution in [-0.4, -0.2) is 6.18 Å². The molecular formula is C22H14F6. The first-order valence-electron chi connectivity index (χ1n) is 8.26. The number of hydrogen-bond donors (Lipinski definition) is 0. The van der Waals surface area contributed by atoms with E-state index < -0.39 is 29.2 Å². The van der Waals surface area contributed by atoms with E-state index in [2.05, 4.69) is 0 Å². The van der Waals surface area contributed by atoms with E-state index in [1.807, 2.05) is 19.1 Å². The molecule has 0 aliphatic heterocycles. The molecular weight excluding hydrogens is 378 g/mol. The van der Waals surface area contributed by atoms with Crippen molar-refractivity contribution in [3.8, 4) is 22.3 Å². The highest BCUT2D eigenvalue weighted by Gasteiger charge is 2.22. The first-order valence-corrected chi connectivity index (χ1v) is 8.26. The van der Waals surface area contributed by atoms with Crippen molar-refractivity contribution in [1.29, 1.82) is 0 Å². The second-order valence-corrected chi connectivity index (χ2v) is 6.29. The van der Waals surface area contributed by atoms with Gasteiger partial charge in [-0.25, -0.2) is 13.2 Å². The number of hydrogen-bond acceptors (Lipinski definition) is 0. The second kappa shape index (κ2) is 7.54. The van der Waals surface area contributed by atoms with Gasteiger partial charge in [-0.05, 0) is 47.9 Å². The molecule has 3 rings (SSSR count). The number of benzene rings is 3. The van der Waals surface area contributed by atoms with Gasteiger partial charge in [-0.15, -0.1) is 0 Å². The Kier molecular flexibility index (Phi) is 5.31. The molecule has 28 heavy (non-hydrogen) atoms. The molecule has 0 aliphatic rings. The summed E-state index contributed by atoms with van der Waals surface area (Å²) in [7, 11) is 0. The lowest BCUT2D eigenvalue weighted by atomic mass is 9.97. The second-order valence-electron chi connectivity index (χ2n) is 6.29. The minimum atomic E-state index is -4.59. The average molecular weight is 392 g/mol. The van der Waals surface area contributed by atoms with Crippen LogP contribution in [0.3, 0.4) is 0 Å². The molecule has 0 saturated carbocycles. The van der Waals surface area contributed by atoms with Gasteiger partial charge in [0.05, 0.1) is 5.56 Å². The van der Waals surface area contributed by atoms with E-state index in [-0.39, 0.29) is 17.2 Å². The lowest BCUT2D eigenvalue weighted by Crippen LogP contribution is -2.00. The lowest BCUT2D eigenvalue weighted by Gasteiger charge is -2.10. The van der Waals surface area contributed by atoms with E-state index in [0.717, 1.165) is 29.8 Å². The molecule has 3 aromatic carbocycles. The van der Waals surface area contributed by atoms with Crippen LogP contribution in [0.25, 0.3) is 28.3 Å². The van der Waals surface area contributed by atoms with E-state index in [1.54, 1.807) is 12.1 Å². The third-order valence-electron chi connectivity index (χ3n) is 4.17. The molecule has 0 spiro atoms. The predicted molar refractivity (Wildman–Crippen MR) is 97.0 cm³/mol. The van der Waals surface area contributed by atoms with Crippen LogP contribution < -0.4 is 0 Å². The van der Waals surface area contributed by atoms with Gasteiger partial charge in [-0.3, -0.25) is 0 Å². The van der Waals surface area contributed by atoms with Gasteiger partial charge in [0.25, 0.3) is 0 Å². The Bertz CT molecular complexity index is 1010. The number of halogens is 6. The Balaban J connectivity index is 1.99. The summed E-state index contributed by atoms with van der Waals surface area (Å²) in [6.45, 7) is 1.89. The fourth-order valence-corrected chi connectivity index (χ4v) is 2.76. The zero-order valence-corrected chi connectivity index (χ0v) is 14.6. The minimum Gasteiger partial charge on any atom is -0.206 e. The minimum absolute atomic E-state index is 0.105. The van der Waals surface area contributed by atoms with Gasteiger partial charge in [0.2, 0.25) is 0 Å². The summed E-state index contributed by atoms with van der Waals surface area (Å²) >= 11 is 0. The first kappa shape index (κ1) is 19.7. The Morgan fingerprint density at radius 3 is 1.75 bits per heavy atom. The highest BCUT2D eigenvalue weighted by Crippen LogP contribution is 2.32. The molecule has 6 heteroatoms. The summed E-state index contributed by atoms with van der Waals surface area (Å²) in [6, 6.07) is 12.4. The van der Waals surface area contributed by atoms with Crippen molar-refractivity contribution in [2.75, 3.05) is 0 Å². The standard InChI is InChI=1S/C22H14F6/c1-13-2-4-14(5-3-13)17-11-19(24)21(20(25)12-17)16-7-6-15(18(23)10-16)8-9-22(26,27)28/h2-12H,1H3. The molecule has 0 atom stereocenters. The Morgan fingerprint density at radius 1 is 0.679 bits per heavy atom. The van der Waals surface area contributed by atoms with Crippen molar-refractivity contribution in [2.45, 2.75) is 13.1 Å². The van der Waals surface area contributed by atoms with Gasteiger partial charge in [0.15, 0.2) is 0 Å². The van der Waals surface area contributed by atoms with Gasteiger partial charge in [0.1, 0.15) is 17.5 Å². The highest BCUT2D eigenvalue weighted by molar-refractivity contribution is 5.72. The fraction of sp³-hybridized carbons (Fsp3) is 0.0909. The molecule has 0 fully saturated rings. The molecule has 0 bridgehead atoms. The highest BCUT2D eigenvalue weighted by atomic mass is 19.4. The molecule has 0 aromatic heterocycles. The van der Waals surface area contributed by atoms with Crippen LogP contribution in [-0.2, 0) is 0 Å². The van der Waals surface area contributed by atoms with Crippen molar-refractivity contribution in [3.63, 3.8) is 0 Å². The van der Waals surface area contributed by atoms with Gasteiger partial charge < -0.3 is 0 Å². The Hall–Kier alpha value is -3.02. The van der Waals surface area contributed by atoms with Crippen molar-refractivity contribution in [2.24, 2.45) is 0 Å². The Labute approximate surface area is 157 Å². The fourth-order valence-electron chi connectivity index (χ4n) is 2.76. The van der Waals surface area contributed by atoms with Crippen molar-refractivity contribution >= 4 is 6.08 Å². The summed E-state index contributed by atoms with van der Waals surface area (Å²) in [5.41, 5.74) is 1.06. The molecule has 0 aliphatic carbocycles. The SMILES string of the molecule is Cc1ccc(-c2cc(F)c(-c3ccc(C=CC(F)(F)F)c(F)c3)c(F)c2)cc1. The normalized spacial score (nSPS) is 12.0. The maximum absolute atomic E-state index is 14.6. The molecule has 0 N–H and O–H groups in total. The number of aryl methyl sites for hydroxylation is 1. The third kappa shape index (κ3) is 4.44. The van der Waals surface area contributed by atoms with Gasteiger partial charge in [-0.1, -0.05) is 42.0 Å².